The summed E-state index contributed by atoms with van der Waals surface area (Å²) in [6, 6.07) is 7.97. The Balaban J connectivity index is 1.53. The van der Waals surface area contributed by atoms with Gasteiger partial charge < -0.3 is 9.64 Å². The number of piperidine rings is 2. The molecule has 2 aliphatic rings. The van der Waals surface area contributed by atoms with Crippen molar-refractivity contribution in [2.24, 2.45) is 5.92 Å². The molecule has 2 aromatic rings. The van der Waals surface area contributed by atoms with Crippen LogP contribution in [0.5, 0.6) is 0 Å². The lowest BCUT2D eigenvalue weighted by Gasteiger charge is -2.48. The van der Waals surface area contributed by atoms with Crippen LogP contribution in [0.1, 0.15) is 63.2 Å². The summed E-state index contributed by atoms with van der Waals surface area (Å²) < 4.78 is 5.64. The van der Waals surface area contributed by atoms with Gasteiger partial charge in [-0.05, 0) is 70.4 Å². The molecule has 2 aliphatic heterocycles. The first-order chi connectivity index (χ1) is 13.3. The number of carbonyl (C=O) groups is 2. The second-order valence-electron chi connectivity index (χ2n) is 9.10. The van der Waals surface area contributed by atoms with Crippen LogP contribution in [0.25, 0.3) is 10.8 Å². The molecule has 28 heavy (non-hydrogen) atoms. The number of hydrogen-bond donors (Lipinski definition) is 0. The Kier molecular flexibility index (Phi) is 4.86. The molecule has 3 heterocycles. The summed E-state index contributed by atoms with van der Waals surface area (Å²) in [7, 11) is 0. The van der Waals surface area contributed by atoms with Crippen molar-refractivity contribution in [2.45, 2.75) is 70.6 Å². The number of Topliss-reactive ketones (excluding diaryl/α,β-unsaturated/α-hetero) is 1. The first-order valence-electron chi connectivity index (χ1n) is 10.2. The van der Waals surface area contributed by atoms with Crippen LogP contribution in [0.3, 0.4) is 0 Å². The molecule has 0 saturated carbocycles. The Labute approximate surface area is 166 Å². The fourth-order valence-corrected chi connectivity index (χ4v) is 4.68. The molecule has 148 valence electrons. The first kappa shape index (κ1) is 18.9. The van der Waals surface area contributed by atoms with Crippen molar-refractivity contribution in [3.05, 3.63) is 42.2 Å². The van der Waals surface area contributed by atoms with Gasteiger partial charge in [0.25, 0.3) is 0 Å². The number of rotatable bonds is 2. The van der Waals surface area contributed by atoms with Gasteiger partial charge in [0.1, 0.15) is 5.60 Å². The largest absolute Gasteiger partial charge is 0.444 e. The standard InChI is InChI=1S/C23H28N2O3/c1-23(2,3)28-22(27)25-19-5-4-6-20(25)13-18(12-19)21(26)16-7-8-17-14-24-10-9-15(17)11-16/h7-11,14,18-20H,4-6,12-13H2,1-3H3. The number of carbonyl (C=O) groups excluding carboxylic acids is 2. The third-order valence-electron chi connectivity index (χ3n) is 5.87. The predicted molar refractivity (Wildman–Crippen MR) is 108 cm³/mol. The molecule has 5 nitrogen and oxygen atoms in total. The van der Waals surface area contributed by atoms with Crippen molar-refractivity contribution >= 4 is 22.6 Å². The molecule has 0 radical (unpaired) electrons. The molecule has 1 amide bonds. The van der Waals surface area contributed by atoms with Crippen molar-refractivity contribution in [1.82, 2.24) is 9.88 Å². The van der Waals surface area contributed by atoms with Crippen molar-refractivity contribution < 1.29 is 14.3 Å². The topological polar surface area (TPSA) is 59.5 Å². The Morgan fingerprint density at radius 1 is 1.07 bits per heavy atom. The van der Waals surface area contributed by atoms with Gasteiger partial charge in [-0.15, -0.1) is 0 Å². The van der Waals surface area contributed by atoms with Crippen LogP contribution in [-0.4, -0.2) is 39.4 Å². The zero-order valence-corrected chi connectivity index (χ0v) is 16.9. The molecule has 0 spiro atoms. The summed E-state index contributed by atoms with van der Waals surface area (Å²) in [4.78, 5) is 32.0. The molecule has 2 bridgehead atoms. The number of pyridine rings is 1. The normalized spacial score (nSPS) is 24.8. The summed E-state index contributed by atoms with van der Waals surface area (Å²) in [5.41, 5.74) is 0.255. The van der Waals surface area contributed by atoms with E-state index in [0.717, 1.165) is 48.4 Å². The van der Waals surface area contributed by atoms with Gasteiger partial charge in [-0.2, -0.15) is 0 Å². The summed E-state index contributed by atoms with van der Waals surface area (Å²) in [6.45, 7) is 5.69. The molecule has 5 heteroatoms. The monoisotopic (exact) mass is 380 g/mol. The predicted octanol–water partition coefficient (Wildman–Crippen LogP) is 4.99. The molecule has 2 atom stereocenters. The van der Waals surface area contributed by atoms with E-state index in [1.807, 2.05) is 56.1 Å². The van der Waals surface area contributed by atoms with E-state index in [-0.39, 0.29) is 29.9 Å². The number of hydrogen-bond acceptors (Lipinski definition) is 4. The maximum atomic E-state index is 13.2. The molecule has 1 aromatic carbocycles. The quantitative estimate of drug-likeness (QED) is 0.689. The van der Waals surface area contributed by atoms with Crippen LogP contribution in [0, 0.1) is 5.92 Å². The van der Waals surface area contributed by atoms with E-state index >= 15 is 0 Å². The van der Waals surface area contributed by atoms with Crippen molar-refractivity contribution in [1.29, 1.82) is 0 Å². The van der Waals surface area contributed by atoms with Crippen LogP contribution < -0.4 is 0 Å². The number of fused-ring (bicyclic) bond motifs is 3. The highest BCUT2D eigenvalue weighted by atomic mass is 16.6. The van der Waals surface area contributed by atoms with Gasteiger partial charge in [-0.25, -0.2) is 4.79 Å². The van der Waals surface area contributed by atoms with Crippen LogP contribution >= 0.6 is 0 Å². The molecule has 4 rings (SSSR count). The number of ketones is 1. The van der Waals surface area contributed by atoms with Gasteiger partial charge in [-0.3, -0.25) is 9.78 Å². The smallest absolute Gasteiger partial charge is 0.410 e. The average Bonchev–Trinajstić information content (AvgIpc) is 2.64. The maximum absolute atomic E-state index is 13.2. The molecule has 0 N–H and O–H groups in total. The van der Waals surface area contributed by atoms with Crippen molar-refractivity contribution in [3.63, 3.8) is 0 Å². The lowest BCUT2D eigenvalue weighted by atomic mass is 9.75. The van der Waals surface area contributed by atoms with Gasteiger partial charge in [-0.1, -0.05) is 12.1 Å². The number of nitrogens with zero attached hydrogens (tertiary/aromatic N) is 2. The van der Waals surface area contributed by atoms with Crippen LogP contribution in [0.4, 0.5) is 4.79 Å². The van der Waals surface area contributed by atoms with Crippen LogP contribution in [-0.2, 0) is 4.74 Å². The average molecular weight is 380 g/mol. The molecule has 2 unspecified atom stereocenters. The Hall–Kier alpha value is -2.43. The highest BCUT2D eigenvalue weighted by molar-refractivity contribution is 6.01. The Morgan fingerprint density at radius 2 is 1.79 bits per heavy atom. The van der Waals surface area contributed by atoms with Gasteiger partial charge in [0, 0.05) is 41.3 Å². The summed E-state index contributed by atoms with van der Waals surface area (Å²) in [5.74, 6) is 0.160. The first-order valence-corrected chi connectivity index (χ1v) is 10.2. The van der Waals surface area contributed by atoms with E-state index in [1.54, 1.807) is 6.20 Å². The van der Waals surface area contributed by atoms with E-state index in [9.17, 15) is 9.59 Å². The lowest BCUT2D eigenvalue weighted by Crippen LogP contribution is -2.56. The third kappa shape index (κ3) is 3.75. The Bertz CT molecular complexity index is 888. The van der Waals surface area contributed by atoms with Crippen molar-refractivity contribution in [2.75, 3.05) is 0 Å². The number of benzene rings is 1. The second kappa shape index (κ2) is 7.19. The minimum atomic E-state index is -0.502. The summed E-state index contributed by atoms with van der Waals surface area (Å²) >= 11 is 0. The van der Waals surface area contributed by atoms with E-state index in [1.165, 1.54) is 0 Å². The second-order valence-corrected chi connectivity index (χ2v) is 9.10. The molecule has 0 aliphatic carbocycles. The number of amides is 1. The fraction of sp³-hybridized carbons (Fsp3) is 0.522. The third-order valence-corrected chi connectivity index (χ3v) is 5.87. The van der Waals surface area contributed by atoms with Gasteiger partial charge in [0.2, 0.25) is 0 Å². The SMILES string of the molecule is CC(C)(C)OC(=O)N1C2CCCC1CC(C(=O)c1ccc3cnccc3c1)C2. The van der Waals surface area contributed by atoms with E-state index in [2.05, 4.69) is 4.98 Å². The zero-order valence-electron chi connectivity index (χ0n) is 16.9. The number of aromatic nitrogens is 1. The highest BCUT2D eigenvalue weighted by Crippen LogP contribution is 2.39. The minimum absolute atomic E-state index is 0.0340. The molecular formula is C23H28N2O3. The molecule has 2 saturated heterocycles. The molecular weight excluding hydrogens is 352 g/mol. The van der Waals surface area contributed by atoms with Gasteiger partial charge in [0.05, 0.1) is 0 Å². The molecule has 2 fully saturated rings. The lowest BCUT2D eigenvalue weighted by molar-refractivity contribution is -0.0260. The van der Waals surface area contributed by atoms with Gasteiger partial charge >= 0.3 is 6.09 Å². The number of ether oxygens (including phenoxy) is 1. The Morgan fingerprint density at radius 3 is 2.46 bits per heavy atom. The maximum Gasteiger partial charge on any atom is 0.410 e. The summed E-state index contributed by atoms with van der Waals surface area (Å²) in [5, 5.41) is 2.07. The summed E-state index contributed by atoms with van der Waals surface area (Å²) in [6.07, 6.45) is 7.79. The van der Waals surface area contributed by atoms with E-state index in [4.69, 9.17) is 4.74 Å². The van der Waals surface area contributed by atoms with Gasteiger partial charge in [0.15, 0.2) is 5.78 Å². The van der Waals surface area contributed by atoms with E-state index < -0.39 is 5.60 Å². The highest BCUT2D eigenvalue weighted by Gasteiger charge is 2.44. The fourth-order valence-electron chi connectivity index (χ4n) is 4.68. The van der Waals surface area contributed by atoms with Crippen molar-refractivity contribution in [3.8, 4) is 0 Å². The zero-order chi connectivity index (χ0) is 19.9. The van der Waals surface area contributed by atoms with Crippen LogP contribution in [0.2, 0.25) is 0 Å². The van der Waals surface area contributed by atoms with Crippen LogP contribution in [0.15, 0.2) is 36.7 Å². The van der Waals surface area contributed by atoms with E-state index in [0.29, 0.717) is 0 Å². The molecule has 1 aromatic heterocycles. The minimum Gasteiger partial charge on any atom is -0.444 e.